The summed E-state index contributed by atoms with van der Waals surface area (Å²) < 4.78 is 5.64. The zero-order chi connectivity index (χ0) is 14.8. The van der Waals surface area contributed by atoms with Gasteiger partial charge in [-0.25, -0.2) is 0 Å². The van der Waals surface area contributed by atoms with Crippen LogP contribution >= 0.6 is 0 Å². The van der Waals surface area contributed by atoms with E-state index in [2.05, 4.69) is 19.2 Å². The molecule has 1 amide bonds. The van der Waals surface area contributed by atoms with E-state index in [1.165, 1.54) is 12.8 Å². The second-order valence-corrected chi connectivity index (χ2v) is 6.98. The molecule has 0 bridgehead atoms. The molecule has 2 rings (SSSR count). The number of nitrogens with two attached hydrogens (primary N) is 1. The lowest BCUT2D eigenvalue weighted by Gasteiger charge is -2.44. The van der Waals surface area contributed by atoms with Crippen molar-refractivity contribution in [3.05, 3.63) is 0 Å². The molecule has 2 aliphatic rings. The smallest absolute Gasteiger partial charge is 0.226 e. The van der Waals surface area contributed by atoms with Crippen LogP contribution in [0.4, 0.5) is 0 Å². The Kier molecular flexibility index (Phi) is 5.08. The van der Waals surface area contributed by atoms with Gasteiger partial charge in [0.05, 0.1) is 12.1 Å². The Morgan fingerprint density at radius 1 is 1.40 bits per heavy atom. The Morgan fingerprint density at radius 2 is 2.05 bits per heavy atom. The van der Waals surface area contributed by atoms with Crippen molar-refractivity contribution < 1.29 is 9.53 Å². The Hall–Kier alpha value is -0.610. The highest BCUT2D eigenvalue weighted by atomic mass is 16.5. The average Bonchev–Trinajstić information content (AvgIpc) is 2.84. The Morgan fingerprint density at radius 3 is 2.55 bits per heavy atom. The maximum absolute atomic E-state index is 12.8. The third-order valence-corrected chi connectivity index (χ3v) is 4.89. The van der Waals surface area contributed by atoms with Gasteiger partial charge in [0.1, 0.15) is 0 Å². The number of rotatable bonds is 6. The SMILES string of the molecule is CCOC1CC(N)C1NC(=O)C1(CC(C)C)CCCC1. The highest BCUT2D eigenvalue weighted by Gasteiger charge is 2.46. The molecule has 0 aromatic heterocycles. The minimum Gasteiger partial charge on any atom is -0.376 e. The molecule has 0 aromatic rings. The summed E-state index contributed by atoms with van der Waals surface area (Å²) in [5.74, 6) is 0.769. The van der Waals surface area contributed by atoms with Crippen LogP contribution in [0.15, 0.2) is 0 Å². The van der Waals surface area contributed by atoms with Crippen molar-refractivity contribution in [2.75, 3.05) is 6.61 Å². The fraction of sp³-hybridized carbons (Fsp3) is 0.938. The molecular weight excluding hydrogens is 252 g/mol. The van der Waals surface area contributed by atoms with E-state index in [9.17, 15) is 4.79 Å². The molecule has 0 spiro atoms. The van der Waals surface area contributed by atoms with Gasteiger partial charge in [-0.15, -0.1) is 0 Å². The lowest BCUT2D eigenvalue weighted by atomic mass is 9.76. The van der Waals surface area contributed by atoms with E-state index in [0.29, 0.717) is 12.5 Å². The van der Waals surface area contributed by atoms with Crippen LogP contribution in [0.25, 0.3) is 0 Å². The number of carbonyl (C=O) groups excluding carboxylic acids is 1. The fourth-order valence-electron chi connectivity index (χ4n) is 3.89. The van der Waals surface area contributed by atoms with Gasteiger partial charge in [0.25, 0.3) is 0 Å². The summed E-state index contributed by atoms with van der Waals surface area (Å²) in [7, 11) is 0. The molecule has 0 radical (unpaired) electrons. The molecule has 2 aliphatic carbocycles. The summed E-state index contributed by atoms with van der Waals surface area (Å²) in [6.45, 7) is 7.07. The van der Waals surface area contributed by atoms with Crippen LogP contribution in [-0.4, -0.2) is 30.7 Å². The molecule has 4 heteroatoms. The van der Waals surface area contributed by atoms with Gasteiger partial charge in [-0.2, -0.15) is 0 Å². The third-order valence-electron chi connectivity index (χ3n) is 4.89. The first-order valence-electron chi connectivity index (χ1n) is 8.16. The van der Waals surface area contributed by atoms with Crippen LogP contribution < -0.4 is 11.1 Å². The zero-order valence-electron chi connectivity index (χ0n) is 13.2. The van der Waals surface area contributed by atoms with Gasteiger partial charge in [0, 0.05) is 18.1 Å². The van der Waals surface area contributed by atoms with Crippen LogP contribution in [0.1, 0.15) is 59.3 Å². The lowest BCUT2D eigenvalue weighted by molar-refractivity contribution is -0.136. The Balaban J connectivity index is 1.98. The number of hydrogen-bond acceptors (Lipinski definition) is 3. The van der Waals surface area contributed by atoms with Crippen LogP contribution in [0.3, 0.4) is 0 Å². The highest BCUT2D eigenvalue weighted by Crippen LogP contribution is 2.43. The van der Waals surface area contributed by atoms with E-state index >= 15 is 0 Å². The van der Waals surface area contributed by atoms with Gasteiger partial charge < -0.3 is 15.8 Å². The number of nitrogens with one attached hydrogen (secondary N) is 1. The van der Waals surface area contributed by atoms with E-state index in [4.69, 9.17) is 10.5 Å². The number of ether oxygens (including phenoxy) is 1. The summed E-state index contributed by atoms with van der Waals surface area (Å²) in [6.07, 6.45) is 6.35. The standard InChI is InChI=1S/C16H30N2O2/c1-4-20-13-9-12(17)14(13)18-15(19)16(10-11(2)3)7-5-6-8-16/h11-14H,4-10,17H2,1-3H3,(H,18,19). The molecule has 3 unspecified atom stereocenters. The van der Waals surface area contributed by atoms with Crippen molar-refractivity contribution in [3.63, 3.8) is 0 Å². The highest BCUT2D eigenvalue weighted by molar-refractivity contribution is 5.83. The quantitative estimate of drug-likeness (QED) is 0.785. The van der Waals surface area contributed by atoms with Crippen molar-refractivity contribution >= 4 is 5.91 Å². The van der Waals surface area contributed by atoms with E-state index in [1.54, 1.807) is 0 Å². The third kappa shape index (κ3) is 3.17. The summed E-state index contributed by atoms with van der Waals surface area (Å²) in [5.41, 5.74) is 5.89. The van der Waals surface area contributed by atoms with E-state index in [0.717, 1.165) is 25.7 Å². The minimum absolute atomic E-state index is 0.00656. The largest absolute Gasteiger partial charge is 0.376 e. The summed E-state index contributed by atoms with van der Waals surface area (Å²) in [4.78, 5) is 12.8. The van der Waals surface area contributed by atoms with Gasteiger partial charge in [-0.05, 0) is 38.5 Å². The van der Waals surface area contributed by atoms with Gasteiger partial charge in [0.2, 0.25) is 5.91 Å². The van der Waals surface area contributed by atoms with Crippen molar-refractivity contribution in [2.45, 2.75) is 77.5 Å². The maximum atomic E-state index is 12.8. The molecule has 4 nitrogen and oxygen atoms in total. The molecule has 0 aromatic carbocycles. The molecule has 20 heavy (non-hydrogen) atoms. The molecular formula is C16H30N2O2. The van der Waals surface area contributed by atoms with Crippen molar-refractivity contribution in [1.29, 1.82) is 0 Å². The van der Waals surface area contributed by atoms with Crippen molar-refractivity contribution in [3.8, 4) is 0 Å². The Labute approximate surface area is 122 Å². The first-order chi connectivity index (χ1) is 9.48. The number of amides is 1. The predicted molar refractivity (Wildman–Crippen MR) is 80.3 cm³/mol. The maximum Gasteiger partial charge on any atom is 0.226 e. The number of hydrogen-bond donors (Lipinski definition) is 2. The van der Waals surface area contributed by atoms with Crippen LogP contribution in [0, 0.1) is 11.3 Å². The topological polar surface area (TPSA) is 64.3 Å². The molecule has 2 saturated carbocycles. The van der Waals surface area contributed by atoms with Crippen LogP contribution in [0.2, 0.25) is 0 Å². The normalized spacial score (nSPS) is 32.1. The average molecular weight is 282 g/mol. The number of carbonyl (C=O) groups is 1. The predicted octanol–water partition coefficient (Wildman–Crippen LogP) is 2.21. The van der Waals surface area contributed by atoms with Gasteiger partial charge >= 0.3 is 0 Å². The second kappa shape index (κ2) is 6.44. The molecule has 0 aliphatic heterocycles. The van der Waals surface area contributed by atoms with Gasteiger partial charge in [-0.3, -0.25) is 4.79 Å². The van der Waals surface area contributed by atoms with Crippen molar-refractivity contribution in [1.82, 2.24) is 5.32 Å². The van der Waals surface area contributed by atoms with E-state index < -0.39 is 0 Å². The first kappa shape index (κ1) is 15.8. The van der Waals surface area contributed by atoms with Crippen LogP contribution in [0.5, 0.6) is 0 Å². The van der Waals surface area contributed by atoms with E-state index in [-0.39, 0.29) is 29.5 Å². The molecule has 2 fully saturated rings. The lowest BCUT2D eigenvalue weighted by Crippen LogP contribution is -2.66. The summed E-state index contributed by atoms with van der Waals surface area (Å²) >= 11 is 0. The monoisotopic (exact) mass is 282 g/mol. The second-order valence-electron chi connectivity index (χ2n) is 6.98. The van der Waals surface area contributed by atoms with Gasteiger partial charge in [0.15, 0.2) is 0 Å². The Bertz CT molecular complexity index is 335. The molecule has 116 valence electrons. The van der Waals surface area contributed by atoms with Gasteiger partial charge in [-0.1, -0.05) is 26.7 Å². The molecule has 0 heterocycles. The minimum atomic E-state index is -0.153. The summed E-state index contributed by atoms with van der Waals surface area (Å²) in [5, 5.41) is 3.20. The van der Waals surface area contributed by atoms with Crippen molar-refractivity contribution in [2.24, 2.45) is 17.1 Å². The first-order valence-corrected chi connectivity index (χ1v) is 8.16. The molecule has 3 N–H and O–H groups in total. The summed E-state index contributed by atoms with van der Waals surface area (Å²) in [6, 6.07) is 0.0556. The fourth-order valence-corrected chi connectivity index (χ4v) is 3.89. The van der Waals surface area contributed by atoms with Crippen LogP contribution in [-0.2, 0) is 9.53 Å². The zero-order valence-corrected chi connectivity index (χ0v) is 13.2. The van der Waals surface area contributed by atoms with E-state index in [1.807, 2.05) is 6.92 Å². The molecule has 3 atom stereocenters. The molecule has 0 saturated heterocycles.